The molecule has 33 heavy (non-hydrogen) atoms. The summed E-state index contributed by atoms with van der Waals surface area (Å²) in [5, 5.41) is 9.43. The molecule has 0 saturated carbocycles. The molecule has 1 spiro atoms. The minimum absolute atomic E-state index is 0.0461. The number of likely N-dealkylation sites (tertiary alicyclic amines) is 2. The average Bonchev–Trinajstić information content (AvgIpc) is 3.20. The van der Waals surface area contributed by atoms with Gasteiger partial charge in [0.15, 0.2) is 0 Å². The molecule has 7 nitrogen and oxygen atoms in total. The van der Waals surface area contributed by atoms with Crippen molar-refractivity contribution >= 4 is 18.0 Å². The number of hydrogen-bond donors (Lipinski definition) is 1. The molecule has 2 aromatic rings. The van der Waals surface area contributed by atoms with Gasteiger partial charge in [-0.2, -0.15) is 0 Å². The van der Waals surface area contributed by atoms with Crippen molar-refractivity contribution in [1.82, 2.24) is 9.80 Å². The molecular formula is C24H24F2N2O5. The zero-order chi connectivity index (χ0) is 23.6. The van der Waals surface area contributed by atoms with Gasteiger partial charge in [0.1, 0.15) is 30.3 Å². The van der Waals surface area contributed by atoms with Crippen molar-refractivity contribution in [3.05, 3.63) is 71.3 Å². The molecule has 1 N–H and O–H groups in total. The van der Waals surface area contributed by atoms with Crippen LogP contribution in [0.4, 0.5) is 13.6 Å². The summed E-state index contributed by atoms with van der Waals surface area (Å²) >= 11 is 0. The molecule has 174 valence electrons. The fraction of sp³-hybridized carbons (Fsp3) is 0.375. The summed E-state index contributed by atoms with van der Waals surface area (Å²) in [6.45, 7) is -0.291. The van der Waals surface area contributed by atoms with Gasteiger partial charge in [0, 0.05) is 12.6 Å². The molecule has 2 fully saturated rings. The summed E-state index contributed by atoms with van der Waals surface area (Å²) in [7, 11) is 0. The smallest absolute Gasteiger partial charge is 0.411 e. The summed E-state index contributed by atoms with van der Waals surface area (Å²) < 4.78 is 33.1. The molecule has 0 aliphatic carbocycles. The molecule has 9 heteroatoms. The van der Waals surface area contributed by atoms with Crippen molar-refractivity contribution in [2.45, 2.75) is 43.9 Å². The Kier molecular flexibility index (Phi) is 6.31. The minimum Gasteiger partial charge on any atom is -0.480 e. The third-order valence-corrected chi connectivity index (χ3v) is 6.36. The number of aliphatic carboxylic acids is 1. The Labute approximate surface area is 189 Å². The Bertz CT molecular complexity index is 1040. The molecule has 2 aromatic carbocycles. The first-order valence-corrected chi connectivity index (χ1v) is 10.8. The van der Waals surface area contributed by atoms with E-state index in [4.69, 9.17) is 4.74 Å². The van der Waals surface area contributed by atoms with Gasteiger partial charge in [-0.25, -0.2) is 13.6 Å². The molecule has 2 atom stereocenters. The maximum atomic E-state index is 13.8. The normalized spacial score (nSPS) is 22.6. The van der Waals surface area contributed by atoms with Crippen LogP contribution in [0.3, 0.4) is 0 Å². The van der Waals surface area contributed by atoms with Crippen LogP contribution in [0, 0.1) is 11.6 Å². The zero-order valence-electron chi connectivity index (χ0n) is 17.9. The van der Waals surface area contributed by atoms with E-state index in [0.717, 1.165) is 28.7 Å². The fourth-order valence-electron chi connectivity index (χ4n) is 4.91. The Morgan fingerprint density at radius 1 is 1.09 bits per heavy atom. The number of rotatable bonds is 5. The van der Waals surface area contributed by atoms with Crippen LogP contribution in [0.1, 0.15) is 42.9 Å². The molecule has 0 unspecified atom stereocenters. The molecule has 2 aliphatic rings. The third kappa shape index (κ3) is 4.53. The Balaban J connectivity index is 1.59. The predicted octanol–water partition coefficient (Wildman–Crippen LogP) is 3.88. The lowest BCUT2D eigenvalue weighted by Gasteiger charge is -2.47. The lowest BCUT2D eigenvalue weighted by atomic mass is 9.80. The number of amides is 2. The van der Waals surface area contributed by atoms with E-state index in [0.29, 0.717) is 19.4 Å². The van der Waals surface area contributed by atoms with Gasteiger partial charge in [0.05, 0.1) is 6.04 Å². The third-order valence-electron chi connectivity index (χ3n) is 6.36. The summed E-state index contributed by atoms with van der Waals surface area (Å²) in [5.74, 6) is -3.40. The highest BCUT2D eigenvalue weighted by atomic mass is 19.1. The first kappa shape index (κ1) is 22.7. The summed E-state index contributed by atoms with van der Waals surface area (Å²) in [6, 6.07) is 11.2. The molecule has 0 radical (unpaired) electrons. The summed E-state index contributed by atoms with van der Waals surface area (Å²) in [6.07, 6.45) is 0.782. The van der Waals surface area contributed by atoms with E-state index in [9.17, 15) is 28.3 Å². The van der Waals surface area contributed by atoms with E-state index in [1.165, 1.54) is 4.90 Å². The second kappa shape index (κ2) is 9.17. The maximum Gasteiger partial charge on any atom is 0.411 e. The lowest BCUT2D eigenvalue weighted by molar-refractivity contribution is -0.157. The number of nitrogens with zero attached hydrogens (tertiary/aromatic N) is 2. The number of halogens is 2. The van der Waals surface area contributed by atoms with Gasteiger partial charge in [-0.1, -0.05) is 30.3 Å². The fourth-order valence-corrected chi connectivity index (χ4v) is 4.91. The Hall–Kier alpha value is -3.49. The highest BCUT2D eigenvalue weighted by molar-refractivity contribution is 5.93. The number of carbonyl (C=O) groups excluding carboxylic acids is 2. The minimum atomic E-state index is -1.25. The number of ether oxygens (including phenoxy) is 1. The maximum absolute atomic E-state index is 13.8. The number of hydrogen-bond acceptors (Lipinski definition) is 4. The van der Waals surface area contributed by atoms with Gasteiger partial charge in [0.2, 0.25) is 5.91 Å². The van der Waals surface area contributed by atoms with Gasteiger partial charge < -0.3 is 14.7 Å². The predicted molar refractivity (Wildman–Crippen MR) is 113 cm³/mol. The van der Waals surface area contributed by atoms with Crippen LogP contribution >= 0.6 is 0 Å². The van der Waals surface area contributed by atoms with Crippen LogP contribution in [0.2, 0.25) is 0 Å². The van der Waals surface area contributed by atoms with Gasteiger partial charge >= 0.3 is 12.1 Å². The summed E-state index contributed by atoms with van der Waals surface area (Å²) in [4.78, 5) is 40.6. The van der Waals surface area contributed by atoms with E-state index in [-0.39, 0.29) is 25.0 Å². The van der Waals surface area contributed by atoms with Crippen LogP contribution in [-0.2, 0) is 20.9 Å². The molecule has 2 aliphatic heterocycles. The highest BCUT2D eigenvalue weighted by Gasteiger charge is 2.56. The topological polar surface area (TPSA) is 87.2 Å². The van der Waals surface area contributed by atoms with Gasteiger partial charge in [0.25, 0.3) is 0 Å². The number of carboxylic acid groups (broad SMARTS) is 1. The molecular weight excluding hydrogens is 434 g/mol. The number of carbonyl (C=O) groups is 3. The average molecular weight is 458 g/mol. The molecule has 0 bridgehead atoms. The number of piperidine rings is 1. The molecule has 2 amide bonds. The largest absolute Gasteiger partial charge is 0.480 e. The summed E-state index contributed by atoms with van der Waals surface area (Å²) in [5.41, 5.74) is -0.242. The van der Waals surface area contributed by atoms with Crippen LogP contribution in [0.25, 0.3) is 0 Å². The SMILES string of the molecule is O=C(O)CN1C(=O)[C@@]2(CCCN2C(=O)OCc2ccccc2)CC[C@H]1c1cc(F)cc(F)c1. The second-order valence-corrected chi connectivity index (χ2v) is 8.41. The molecule has 2 saturated heterocycles. The van der Waals surface area contributed by atoms with E-state index < -0.39 is 47.7 Å². The van der Waals surface area contributed by atoms with Crippen molar-refractivity contribution < 1.29 is 33.0 Å². The molecule has 2 heterocycles. The monoisotopic (exact) mass is 458 g/mol. The number of carboxylic acids is 1. The second-order valence-electron chi connectivity index (χ2n) is 8.41. The van der Waals surface area contributed by atoms with Crippen LogP contribution in [0.15, 0.2) is 48.5 Å². The Morgan fingerprint density at radius 2 is 1.79 bits per heavy atom. The lowest BCUT2D eigenvalue weighted by Crippen LogP contribution is -2.62. The van der Waals surface area contributed by atoms with E-state index >= 15 is 0 Å². The zero-order valence-corrected chi connectivity index (χ0v) is 17.9. The molecule has 4 rings (SSSR count). The van der Waals surface area contributed by atoms with E-state index in [1.54, 1.807) is 0 Å². The van der Waals surface area contributed by atoms with E-state index in [2.05, 4.69) is 0 Å². The molecule has 0 aromatic heterocycles. The van der Waals surface area contributed by atoms with Crippen molar-refractivity contribution in [1.29, 1.82) is 0 Å². The van der Waals surface area contributed by atoms with Crippen LogP contribution in [-0.4, -0.2) is 51.5 Å². The van der Waals surface area contributed by atoms with Gasteiger partial charge in [-0.15, -0.1) is 0 Å². The van der Waals surface area contributed by atoms with Gasteiger partial charge in [-0.05, 0) is 48.9 Å². The van der Waals surface area contributed by atoms with Crippen LogP contribution < -0.4 is 0 Å². The Morgan fingerprint density at radius 3 is 2.45 bits per heavy atom. The van der Waals surface area contributed by atoms with Crippen LogP contribution in [0.5, 0.6) is 0 Å². The number of benzene rings is 2. The van der Waals surface area contributed by atoms with Crippen molar-refractivity contribution in [2.24, 2.45) is 0 Å². The first-order chi connectivity index (χ1) is 15.8. The van der Waals surface area contributed by atoms with Crippen molar-refractivity contribution in [2.75, 3.05) is 13.1 Å². The quantitative estimate of drug-likeness (QED) is 0.735. The standard InChI is InChI=1S/C24H24F2N2O5/c25-18-11-17(12-19(26)13-18)20-7-9-24(22(31)27(20)14-21(29)30)8-4-10-28(24)23(32)33-15-16-5-2-1-3-6-16/h1-3,5-6,11-13,20H,4,7-10,14-15H2,(H,29,30)/t20-,24+/m0/s1. The first-order valence-electron chi connectivity index (χ1n) is 10.8. The van der Waals surface area contributed by atoms with Crippen molar-refractivity contribution in [3.8, 4) is 0 Å². The van der Waals surface area contributed by atoms with Gasteiger partial charge in [-0.3, -0.25) is 14.5 Å². The highest BCUT2D eigenvalue weighted by Crippen LogP contribution is 2.44. The van der Waals surface area contributed by atoms with E-state index in [1.807, 2.05) is 30.3 Å². The van der Waals surface area contributed by atoms with Crippen molar-refractivity contribution in [3.63, 3.8) is 0 Å².